The summed E-state index contributed by atoms with van der Waals surface area (Å²) in [7, 11) is -3.74. The molecule has 11 heteroatoms. The van der Waals surface area contributed by atoms with Crippen LogP contribution in [-0.2, 0) is 10.0 Å². The second-order valence-corrected chi connectivity index (χ2v) is 7.69. The van der Waals surface area contributed by atoms with Crippen molar-refractivity contribution in [1.82, 2.24) is 18.8 Å². The van der Waals surface area contributed by atoms with Gasteiger partial charge < -0.3 is 9.73 Å². The van der Waals surface area contributed by atoms with Crippen LogP contribution >= 0.6 is 27.7 Å². The van der Waals surface area contributed by atoms with Crippen LogP contribution in [0.5, 0.6) is 0 Å². The fourth-order valence-corrected chi connectivity index (χ4v) is 4.06. The lowest BCUT2D eigenvalue weighted by molar-refractivity contribution is 0.0925. The van der Waals surface area contributed by atoms with E-state index in [0.29, 0.717) is 15.7 Å². The van der Waals surface area contributed by atoms with E-state index in [1.807, 2.05) is 0 Å². The average Bonchev–Trinajstić information content (AvgIpc) is 3.19. The number of nitrogens with zero attached hydrogens (tertiary/aromatic N) is 2. The lowest BCUT2D eigenvalue weighted by Gasteiger charge is -2.07. The molecule has 3 aromatic rings. The van der Waals surface area contributed by atoms with Crippen molar-refractivity contribution in [2.24, 2.45) is 0 Å². The first-order valence-corrected chi connectivity index (χ1v) is 9.72. The molecule has 3 rings (SSSR count). The van der Waals surface area contributed by atoms with Crippen LogP contribution in [0.4, 0.5) is 0 Å². The maximum Gasteiger partial charge on any atom is 0.287 e. The van der Waals surface area contributed by atoms with E-state index in [2.05, 4.69) is 34.7 Å². The third-order valence-corrected chi connectivity index (χ3v) is 5.50. The van der Waals surface area contributed by atoms with Crippen LogP contribution in [-0.4, -0.2) is 36.2 Å². The number of furan rings is 1. The molecule has 0 aliphatic carbocycles. The number of aromatic nitrogens is 2. The highest BCUT2D eigenvalue weighted by Crippen LogP contribution is 2.20. The van der Waals surface area contributed by atoms with Gasteiger partial charge in [0.05, 0.1) is 11.7 Å². The number of benzene rings is 1. The van der Waals surface area contributed by atoms with Crippen molar-refractivity contribution in [2.75, 3.05) is 13.1 Å². The maximum atomic E-state index is 12.4. The SMILES string of the molecule is O=C(NCCNS(=O)(=O)c1cccc2nsnc12)c1ccc(Br)o1. The van der Waals surface area contributed by atoms with Crippen LogP contribution in [0.25, 0.3) is 11.0 Å². The highest BCUT2D eigenvalue weighted by atomic mass is 79.9. The zero-order valence-electron chi connectivity index (χ0n) is 12.0. The number of carbonyl (C=O) groups is 1. The van der Waals surface area contributed by atoms with Crippen molar-refractivity contribution < 1.29 is 17.6 Å². The summed E-state index contributed by atoms with van der Waals surface area (Å²) in [6.07, 6.45) is 0. The van der Waals surface area contributed by atoms with Gasteiger partial charge >= 0.3 is 0 Å². The Hall–Kier alpha value is -1.82. The van der Waals surface area contributed by atoms with Crippen LogP contribution in [0.1, 0.15) is 10.6 Å². The molecule has 0 bridgehead atoms. The van der Waals surface area contributed by atoms with E-state index < -0.39 is 15.9 Å². The molecule has 24 heavy (non-hydrogen) atoms. The number of sulfonamides is 1. The molecule has 0 saturated heterocycles. The number of carbonyl (C=O) groups excluding carboxylic acids is 1. The zero-order chi connectivity index (χ0) is 17.2. The van der Waals surface area contributed by atoms with Gasteiger partial charge in [0.25, 0.3) is 5.91 Å². The molecule has 2 N–H and O–H groups in total. The minimum atomic E-state index is -3.74. The number of hydrogen-bond donors (Lipinski definition) is 2. The first-order valence-electron chi connectivity index (χ1n) is 6.72. The topological polar surface area (TPSA) is 114 Å². The lowest BCUT2D eigenvalue weighted by Crippen LogP contribution is -2.34. The van der Waals surface area contributed by atoms with Gasteiger partial charge in [-0.25, -0.2) is 13.1 Å². The van der Waals surface area contributed by atoms with Crippen LogP contribution < -0.4 is 10.0 Å². The minimum Gasteiger partial charge on any atom is -0.444 e. The predicted octanol–water partition coefficient (Wildman–Crippen LogP) is 1.76. The van der Waals surface area contributed by atoms with E-state index in [4.69, 9.17) is 4.42 Å². The van der Waals surface area contributed by atoms with E-state index in [9.17, 15) is 13.2 Å². The molecule has 0 fully saturated rings. The molecule has 1 amide bonds. The van der Waals surface area contributed by atoms with Gasteiger partial charge in [0.2, 0.25) is 10.0 Å². The quantitative estimate of drug-likeness (QED) is 0.575. The molecule has 1 aromatic carbocycles. The van der Waals surface area contributed by atoms with Crippen molar-refractivity contribution in [2.45, 2.75) is 4.90 Å². The monoisotopic (exact) mass is 430 g/mol. The highest BCUT2D eigenvalue weighted by Gasteiger charge is 2.19. The highest BCUT2D eigenvalue weighted by molar-refractivity contribution is 9.10. The third kappa shape index (κ3) is 3.64. The van der Waals surface area contributed by atoms with E-state index in [-0.39, 0.29) is 23.7 Å². The summed E-state index contributed by atoms with van der Waals surface area (Å²) in [6, 6.07) is 7.87. The van der Waals surface area contributed by atoms with Crippen molar-refractivity contribution in [3.05, 3.63) is 40.8 Å². The van der Waals surface area contributed by atoms with Crippen molar-refractivity contribution >= 4 is 54.6 Å². The van der Waals surface area contributed by atoms with Crippen LogP contribution in [0.15, 0.2) is 44.3 Å². The first kappa shape index (κ1) is 17.0. The lowest BCUT2D eigenvalue weighted by atomic mass is 10.3. The Labute approximate surface area is 149 Å². The van der Waals surface area contributed by atoms with Gasteiger partial charge in [-0.3, -0.25) is 4.79 Å². The molecule has 0 unspecified atom stereocenters. The smallest absolute Gasteiger partial charge is 0.287 e. The molecule has 0 aliphatic rings. The Kier molecular flexibility index (Phi) is 4.94. The molecule has 2 heterocycles. The summed E-state index contributed by atoms with van der Waals surface area (Å²) < 4.78 is 40.7. The Morgan fingerprint density at radius 3 is 2.79 bits per heavy atom. The van der Waals surface area contributed by atoms with Gasteiger partial charge in [0.1, 0.15) is 15.9 Å². The molecule has 8 nitrogen and oxygen atoms in total. The third-order valence-electron chi connectivity index (χ3n) is 3.04. The Morgan fingerprint density at radius 2 is 2.04 bits per heavy atom. The molecule has 0 radical (unpaired) electrons. The summed E-state index contributed by atoms with van der Waals surface area (Å²) in [5.41, 5.74) is 0.860. The van der Waals surface area contributed by atoms with E-state index in [1.165, 1.54) is 12.1 Å². The summed E-state index contributed by atoms with van der Waals surface area (Å²) in [6.45, 7) is 0.144. The maximum absolute atomic E-state index is 12.4. The van der Waals surface area contributed by atoms with Crippen molar-refractivity contribution in [3.8, 4) is 0 Å². The second-order valence-electron chi connectivity index (χ2n) is 4.65. The molecule has 0 saturated carbocycles. The van der Waals surface area contributed by atoms with E-state index in [1.54, 1.807) is 18.2 Å². The molecule has 0 spiro atoms. The summed E-state index contributed by atoms with van der Waals surface area (Å²) in [4.78, 5) is 11.8. The average molecular weight is 431 g/mol. The Morgan fingerprint density at radius 1 is 1.21 bits per heavy atom. The Balaban J connectivity index is 1.60. The normalized spacial score (nSPS) is 11.7. The summed E-state index contributed by atoms with van der Waals surface area (Å²) >= 11 is 4.05. The van der Waals surface area contributed by atoms with Crippen LogP contribution in [0.3, 0.4) is 0 Å². The van der Waals surface area contributed by atoms with Gasteiger partial charge in [0.15, 0.2) is 10.4 Å². The van der Waals surface area contributed by atoms with Crippen LogP contribution in [0, 0.1) is 0 Å². The summed E-state index contributed by atoms with van der Waals surface area (Å²) in [5, 5.41) is 2.56. The van der Waals surface area contributed by atoms with Gasteiger partial charge in [-0.05, 0) is 40.2 Å². The van der Waals surface area contributed by atoms with Crippen molar-refractivity contribution in [3.63, 3.8) is 0 Å². The molecule has 126 valence electrons. The van der Waals surface area contributed by atoms with Gasteiger partial charge in [-0.1, -0.05) is 6.07 Å². The number of hydrogen-bond acceptors (Lipinski definition) is 7. The predicted molar refractivity (Wildman–Crippen MR) is 91.3 cm³/mol. The zero-order valence-corrected chi connectivity index (χ0v) is 15.2. The van der Waals surface area contributed by atoms with Gasteiger partial charge in [-0.15, -0.1) is 0 Å². The van der Waals surface area contributed by atoms with Gasteiger partial charge in [0, 0.05) is 13.1 Å². The van der Waals surface area contributed by atoms with E-state index >= 15 is 0 Å². The fourth-order valence-electron chi connectivity index (χ4n) is 1.96. The van der Waals surface area contributed by atoms with Crippen LogP contribution in [0.2, 0.25) is 0 Å². The fraction of sp³-hybridized carbons (Fsp3) is 0.154. The van der Waals surface area contributed by atoms with E-state index in [0.717, 1.165) is 11.7 Å². The van der Waals surface area contributed by atoms with Gasteiger partial charge in [-0.2, -0.15) is 8.75 Å². The summed E-state index contributed by atoms with van der Waals surface area (Å²) in [5.74, 6) is -0.284. The standard InChI is InChI=1S/C13H11BrN4O4S2/c14-11-5-4-9(22-11)13(19)15-6-7-16-24(20,21)10-3-1-2-8-12(10)18-23-17-8/h1-5,16H,6-7H2,(H,15,19). The number of halogens is 1. The molecular formula is C13H11BrN4O4S2. The molecule has 2 aromatic heterocycles. The van der Waals surface area contributed by atoms with Crippen molar-refractivity contribution in [1.29, 1.82) is 0 Å². The Bertz CT molecular complexity index is 983. The largest absolute Gasteiger partial charge is 0.444 e. The second kappa shape index (κ2) is 6.97. The number of amides is 1. The molecular weight excluding hydrogens is 420 g/mol. The minimum absolute atomic E-state index is 0.0317. The number of fused-ring (bicyclic) bond motifs is 1. The first-order chi connectivity index (χ1) is 11.5. The number of nitrogens with one attached hydrogen (secondary N) is 2. The molecule has 0 aliphatic heterocycles. The number of rotatable bonds is 6. The molecule has 0 atom stereocenters.